The summed E-state index contributed by atoms with van der Waals surface area (Å²) in [7, 11) is 0. The van der Waals surface area contributed by atoms with Crippen molar-refractivity contribution in [3.63, 3.8) is 0 Å². The first-order valence-corrected chi connectivity index (χ1v) is 5.38. The number of esters is 1. The summed E-state index contributed by atoms with van der Waals surface area (Å²) in [5, 5.41) is 4.23. The summed E-state index contributed by atoms with van der Waals surface area (Å²) < 4.78 is 6.35. The van der Waals surface area contributed by atoms with E-state index in [1.165, 1.54) is 4.68 Å². The molecule has 0 aliphatic rings. The Hall–Kier alpha value is -1.23. The fraction of sp³-hybridized carbons (Fsp3) is 0.600. The standard InChI is InChI=1S/C10H16ClN3O2/c1-5-16-9(15)7-6(11)8(12)14(13-7)10(2,3)4/h5,12H2,1-4H3. The molecule has 2 N–H and O–H groups in total. The zero-order valence-electron chi connectivity index (χ0n) is 9.87. The lowest BCUT2D eigenvalue weighted by molar-refractivity contribution is 0.0518. The smallest absolute Gasteiger partial charge is 0.360 e. The van der Waals surface area contributed by atoms with Crippen molar-refractivity contribution in [2.75, 3.05) is 12.3 Å². The minimum atomic E-state index is -0.554. The quantitative estimate of drug-likeness (QED) is 0.810. The van der Waals surface area contributed by atoms with Crippen LogP contribution >= 0.6 is 11.6 Å². The lowest BCUT2D eigenvalue weighted by Gasteiger charge is -2.20. The van der Waals surface area contributed by atoms with Crippen LogP contribution in [0.1, 0.15) is 38.2 Å². The third kappa shape index (κ3) is 2.29. The van der Waals surface area contributed by atoms with Crippen LogP contribution < -0.4 is 5.73 Å². The highest BCUT2D eigenvalue weighted by molar-refractivity contribution is 6.35. The Bertz CT molecular complexity index is 407. The molecule has 1 rings (SSSR count). The van der Waals surface area contributed by atoms with Gasteiger partial charge in [0.25, 0.3) is 0 Å². The third-order valence-electron chi connectivity index (χ3n) is 1.97. The summed E-state index contributed by atoms with van der Waals surface area (Å²) in [4.78, 5) is 11.5. The normalized spacial score (nSPS) is 11.6. The first-order chi connectivity index (χ1) is 7.29. The van der Waals surface area contributed by atoms with Gasteiger partial charge in [-0.15, -0.1) is 0 Å². The van der Waals surface area contributed by atoms with E-state index < -0.39 is 5.97 Å². The van der Waals surface area contributed by atoms with E-state index in [0.29, 0.717) is 0 Å². The first kappa shape index (κ1) is 12.8. The number of carbonyl (C=O) groups is 1. The number of nitrogens with zero attached hydrogens (tertiary/aromatic N) is 2. The first-order valence-electron chi connectivity index (χ1n) is 5.00. The van der Waals surface area contributed by atoms with Crippen molar-refractivity contribution in [2.45, 2.75) is 33.2 Å². The number of hydrogen-bond donors (Lipinski definition) is 1. The summed E-state index contributed by atoms with van der Waals surface area (Å²) >= 11 is 5.94. The lowest BCUT2D eigenvalue weighted by atomic mass is 10.1. The van der Waals surface area contributed by atoms with Crippen LogP contribution in [0.4, 0.5) is 5.82 Å². The number of ether oxygens (including phenoxy) is 1. The molecule has 0 unspecified atom stereocenters. The Balaban J connectivity index is 3.20. The molecule has 0 fully saturated rings. The summed E-state index contributed by atoms with van der Waals surface area (Å²) in [5.41, 5.74) is 5.52. The predicted molar refractivity (Wildman–Crippen MR) is 62.6 cm³/mol. The largest absolute Gasteiger partial charge is 0.461 e. The third-order valence-corrected chi connectivity index (χ3v) is 2.34. The van der Waals surface area contributed by atoms with Gasteiger partial charge in [0.2, 0.25) is 0 Å². The average Bonchev–Trinajstić information content (AvgIpc) is 2.44. The fourth-order valence-corrected chi connectivity index (χ4v) is 1.45. The Kier molecular flexibility index (Phi) is 3.48. The highest BCUT2D eigenvalue weighted by Crippen LogP contribution is 2.28. The van der Waals surface area contributed by atoms with Gasteiger partial charge in [-0.1, -0.05) is 11.6 Å². The molecule has 1 aromatic rings. The molecule has 0 saturated heterocycles. The summed E-state index contributed by atoms with van der Waals surface area (Å²) in [6, 6.07) is 0. The van der Waals surface area contributed by atoms with Crippen LogP contribution in [0.25, 0.3) is 0 Å². The zero-order valence-corrected chi connectivity index (χ0v) is 10.6. The van der Waals surface area contributed by atoms with Gasteiger partial charge in [0.15, 0.2) is 5.69 Å². The second-order valence-electron chi connectivity index (χ2n) is 4.35. The molecule has 0 aliphatic carbocycles. The van der Waals surface area contributed by atoms with Crippen molar-refractivity contribution in [2.24, 2.45) is 0 Å². The Morgan fingerprint density at radius 3 is 2.50 bits per heavy atom. The highest BCUT2D eigenvalue weighted by Gasteiger charge is 2.26. The van der Waals surface area contributed by atoms with Gasteiger partial charge in [0.05, 0.1) is 12.1 Å². The average molecular weight is 246 g/mol. The van der Waals surface area contributed by atoms with Gasteiger partial charge in [-0.3, -0.25) is 0 Å². The van der Waals surface area contributed by atoms with Crippen LogP contribution in [-0.4, -0.2) is 22.4 Å². The summed E-state index contributed by atoms with van der Waals surface area (Å²) in [5.74, 6) is -0.278. The Morgan fingerprint density at radius 1 is 1.56 bits per heavy atom. The fourth-order valence-electron chi connectivity index (χ4n) is 1.25. The van der Waals surface area contributed by atoms with Crippen LogP contribution in [-0.2, 0) is 10.3 Å². The van der Waals surface area contributed by atoms with Gasteiger partial charge in [0.1, 0.15) is 10.8 Å². The van der Waals surface area contributed by atoms with E-state index in [0.717, 1.165) is 0 Å². The molecule has 1 heterocycles. The molecular formula is C10H16ClN3O2. The van der Waals surface area contributed by atoms with Gasteiger partial charge in [-0.25, -0.2) is 9.48 Å². The highest BCUT2D eigenvalue weighted by atomic mass is 35.5. The van der Waals surface area contributed by atoms with Crippen molar-refractivity contribution in [1.82, 2.24) is 9.78 Å². The second kappa shape index (κ2) is 4.33. The van der Waals surface area contributed by atoms with Crippen molar-refractivity contribution in [3.8, 4) is 0 Å². The molecule has 0 bridgehead atoms. The molecule has 16 heavy (non-hydrogen) atoms. The number of anilines is 1. The van der Waals surface area contributed by atoms with Gasteiger partial charge in [0, 0.05) is 0 Å². The molecule has 5 nitrogen and oxygen atoms in total. The number of hydrogen-bond acceptors (Lipinski definition) is 4. The van der Waals surface area contributed by atoms with Crippen molar-refractivity contribution >= 4 is 23.4 Å². The molecule has 0 aliphatic heterocycles. The zero-order chi connectivity index (χ0) is 12.5. The van der Waals surface area contributed by atoms with E-state index in [9.17, 15) is 4.79 Å². The minimum Gasteiger partial charge on any atom is -0.461 e. The van der Waals surface area contributed by atoms with Crippen LogP contribution in [0.5, 0.6) is 0 Å². The second-order valence-corrected chi connectivity index (χ2v) is 4.73. The number of halogens is 1. The molecular weight excluding hydrogens is 230 g/mol. The van der Waals surface area contributed by atoms with Gasteiger partial charge in [-0.2, -0.15) is 5.10 Å². The predicted octanol–water partition coefficient (Wildman–Crippen LogP) is 2.05. The Morgan fingerprint density at radius 2 is 2.12 bits per heavy atom. The van der Waals surface area contributed by atoms with Gasteiger partial charge < -0.3 is 10.5 Å². The van der Waals surface area contributed by atoms with E-state index >= 15 is 0 Å². The van der Waals surface area contributed by atoms with Crippen molar-refractivity contribution in [3.05, 3.63) is 10.7 Å². The van der Waals surface area contributed by atoms with Gasteiger partial charge in [-0.05, 0) is 27.7 Å². The molecule has 1 aromatic heterocycles. The number of rotatable bonds is 2. The van der Waals surface area contributed by atoms with E-state index in [2.05, 4.69) is 5.10 Å². The molecule has 0 radical (unpaired) electrons. The monoisotopic (exact) mass is 245 g/mol. The molecule has 90 valence electrons. The summed E-state index contributed by atoms with van der Waals surface area (Å²) in [6.45, 7) is 7.75. The maximum absolute atomic E-state index is 11.5. The maximum Gasteiger partial charge on any atom is 0.360 e. The van der Waals surface area contributed by atoms with Crippen LogP contribution in [0, 0.1) is 0 Å². The number of nitrogens with two attached hydrogens (primary N) is 1. The van der Waals surface area contributed by atoms with E-state index in [1.54, 1.807) is 6.92 Å². The van der Waals surface area contributed by atoms with Gasteiger partial charge >= 0.3 is 5.97 Å². The summed E-state index contributed by atoms with van der Waals surface area (Å²) in [6.07, 6.45) is 0. The molecule has 0 saturated carbocycles. The molecule has 0 atom stereocenters. The van der Waals surface area contributed by atoms with Crippen LogP contribution in [0.3, 0.4) is 0 Å². The van der Waals surface area contributed by atoms with Crippen LogP contribution in [0.2, 0.25) is 5.02 Å². The number of nitrogen functional groups attached to an aromatic ring is 1. The number of carbonyl (C=O) groups excluding carboxylic acids is 1. The molecule has 0 amide bonds. The lowest BCUT2D eigenvalue weighted by Crippen LogP contribution is -2.25. The van der Waals surface area contributed by atoms with E-state index in [1.807, 2.05) is 20.8 Å². The van der Waals surface area contributed by atoms with Crippen LogP contribution in [0.15, 0.2) is 0 Å². The van der Waals surface area contributed by atoms with Crippen molar-refractivity contribution in [1.29, 1.82) is 0 Å². The maximum atomic E-state index is 11.5. The van der Waals surface area contributed by atoms with E-state index in [4.69, 9.17) is 22.1 Å². The molecule has 0 aromatic carbocycles. The van der Waals surface area contributed by atoms with E-state index in [-0.39, 0.29) is 28.7 Å². The number of aromatic nitrogens is 2. The Labute approximate surface area is 99.5 Å². The van der Waals surface area contributed by atoms with Crippen molar-refractivity contribution < 1.29 is 9.53 Å². The molecule has 0 spiro atoms. The topological polar surface area (TPSA) is 70.1 Å². The minimum absolute atomic E-state index is 0.0657. The SMILES string of the molecule is CCOC(=O)c1nn(C(C)(C)C)c(N)c1Cl. The molecule has 6 heteroatoms.